The highest BCUT2D eigenvalue weighted by Crippen LogP contribution is 2.25. The van der Waals surface area contributed by atoms with Crippen LogP contribution >= 0.6 is 0 Å². The van der Waals surface area contributed by atoms with Gasteiger partial charge in [-0.2, -0.15) is 0 Å². The Hall–Kier alpha value is -0.810. The van der Waals surface area contributed by atoms with Crippen molar-refractivity contribution in [3.63, 3.8) is 0 Å². The minimum atomic E-state index is -0.421. The number of likely N-dealkylation sites (tertiary alicyclic amines) is 1. The van der Waals surface area contributed by atoms with E-state index < -0.39 is 5.60 Å². The summed E-state index contributed by atoms with van der Waals surface area (Å²) in [5.74, 6) is 1.04. The van der Waals surface area contributed by atoms with Crippen LogP contribution < -0.4 is 5.32 Å². The summed E-state index contributed by atoms with van der Waals surface area (Å²) < 4.78 is 5.44. The summed E-state index contributed by atoms with van der Waals surface area (Å²) in [5, 5.41) is 13.2. The number of aliphatic hydroxyl groups is 1. The van der Waals surface area contributed by atoms with E-state index in [1.807, 2.05) is 25.7 Å². The molecule has 2 atom stereocenters. The number of hydrogen-bond donors (Lipinski definition) is 2. The first-order valence-electron chi connectivity index (χ1n) is 9.21. The van der Waals surface area contributed by atoms with E-state index in [1.54, 1.807) is 0 Å². The van der Waals surface area contributed by atoms with Gasteiger partial charge in [-0.1, -0.05) is 12.8 Å². The SMILES string of the molecule is CC(C)(C)OC(=O)N1CCC(CNC2CCCCC2CO)CC1. The lowest BCUT2D eigenvalue weighted by atomic mass is 9.84. The molecule has 1 heterocycles. The number of carbonyl (C=O) groups excluding carboxylic acids is 1. The molecule has 2 fully saturated rings. The second-order valence-corrected chi connectivity index (χ2v) is 8.15. The zero-order valence-corrected chi connectivity index (χ0v) is 15.0. The minimum absolute atomic E-state index is 0.184. The van der Waals surface area contributed by atoms with Gasteiger partial charge in [-0.25, -0.2) is 4.79 Å². The van der Waals surface area contributed by atoms with Crippen LogP contribution in [0, 0.1) is 11.8 Å². The third-order valence-electron chi connectivity index (χ3n) is 5.08. The average molecular weight is 326 g/mol. The van der Waals surface area contributed by atoms with Crippen molar-refractivity contribution in [1.29, 1.82) is 0 Å². The topological polar surface area (TPSA) is 61.8 Å². The number of rotatable bonds is 4. The molecule has 0 bridgehead atoms. The standard InChI is InChI=1S/C18H34N2O3/c1-18(2,3)23-17(22)20-10-8-14(9-11-20)12-19-16-7-5-4-6-15(16)13-21/h14-16,19,21H,4-13H2,1-3H3. The molecule has 23 heavy (non-hydrogen) atoms. The molecule has 0 aromatic heterocycles. The Morgan fingerprint density at radius 1 is 1.17 bits per heavy atom. The Morgan fingerprint density at radius 2 is 1.83 bits per heavy atom. The normalized spacial score (nSPS) is 27.0. The predicted octanol–water partition coefficient (Wildman–Crippen LogP) is 2.77. The smallest absolute Gasteiger partial charge is 0.410 e. The lowest BCUT2D eigenvalue weighted by molar-refractivity contribution is 0.0181. The molecule has 1 saturated heterocycles. The molecule has 0 aromatic rings. The van der Waals surface area contributed by atoms with Gasteiger partial charge in [0.1, 0.15) is 5.60 Å². The van der Waals surface area contributed by atoms with Gasteiger partial charge in [0.25, 0.3) is 0 Å². The number of amides is 1. The first-order valence-corrected chi connectivity index (χ1v) is 9.21. The van der Waals surface area contributed by atoms with Crippen molar-refractivity contribution in [3.8, 4) is 0 Å². The minimum Gasteiger partial charge on any atom is -0.444 e. The first kappa shape index (κ1) is 18.5. The number of nitrogens with zero attached hydrogens (tertiary/aromatic N) is 1. The Bertz CT molecular complexity index is 373. The zero-order valence-electron chi connectivity index (χ0n) is 15.0. The van der Waals surface area contributed by atoms with Gasteiger partial charge in [-0.05, 0) is 64.8 Å². The van der Waals surface area contributed by atoms with Crippen LogP contribution in [-0.4, -0.2) is 54.0 Å². The van der Waals surface area contributed by atoms with Crippen LogP contribution in [0.4, 0.5) is 4.79 Å². The van der Waals surface area contributed by atoms with Crippen molar-refractivity contribution in [2.75, 3.05) is 26.2 Å². The Morgan fingerprint density at radius 3 is 2.43 bits per heavy atom. The maximum atomic E-state index is 12.1. The van der Waals surface area contributed by atoms with E-state index in [-0.39, 0.29) is 6.09 Å². The third-order valence-corrected chi connectivity index (χ3v) is 5.08. The largest absolute Gasteiger partial charge is 0.444 e. The Labute approximate surface area is 140 Å². The highest BCUT2D eigenvalue weighted by atomic mass is 16.6. The molecule has 5 heteroatoms. The van der Waals surface area contributed by atoms with Gasteiger partial charge in [0, 0.05) is 25.7 Å². The maximum absolute atomic E-state index is 12.1. The van der Waals surface area contributed by atoms with Crippen molar-refractivity contribution in [2.45, 2.75) is 70.9 Å². The first-order chi connectivity index (χ1) is 10.9. The van der Waals surface area contributed by atoms with E-state index in [4.69, 9.17) is 4.74 Å². The van der Waals surface area contributed by atoms with Crippen LogP contribution in [0.25, 0.3) is 0 Å². The molecular weight excluding hydrogens is 292 g/mol. The molecule has 5 nitrogen and oxygen atoms in total. The Kier molecular flexibility index (Phi) is 6.72. The summed E-state index contributed by atoms with van der Waals surface area (Å²) in [7, 11) is 0. The van der Waals surface area contributed by atoms with E-state index >= 15 is 0 Å². The molecule has 0 aromatic carbocycles. The Balaban J connectivity index is 1.69. The molecular formula is C18H34N2O3. The van der Waals surface area contributed by atoms with Gasteiger partial charge in [-0.15, -0.1) is 0 Å². The maximum Gasteiger partial charge on any atom is 0.410 e. The van der Waals surface area contributed by atoms with Crippen LogP contribution in [0.15, 0.2) is 0 Å². The predicted molar refractivity (Wildman–Crippen MR) is 91.4 cm³/mol. The van der Waals surface area contributed by atoms with E-state index in [0.717, 1.165) is 38.9 Å². The quantitative estimate of drug-likeness (QED) is 0.834. The highest BCUT2D eigenvalue weighted by molar-refractivity contribution is 5.68. The summed E-state index contributed by atoms with van der Waals surface area (Å²) in [6.07, 6.45) is 6.72. The van der Waals surface area contributed by atoms with Gasteiger partial charge in [0.15, 0.2) is 0 Å². The monoisotopic (exact) mass is 326 g/mol. The summed E-state index contributed by atoms with van der Waals surface area (Å²) in [5.41, 5.74) is -0.421. The molecule has 1 aliphatic heterocycles. The highest BCUT2D eigenvalue weighted by Gasteiger charge is 2.28. The fourth-order valence-corrected chi connectivity index (χ4v) is 3.66. The molecule has 1 saturated carbocycles. The molecule has 1 amide bonds. The van der Waals surface area contributed by atoms with E-state index in [0.29, 0.717) is 24.5 Å². The second-order valence-electron chi connectivity index (χ2n) is 8.15. The van der Waals surface area contributed by atoms with Crippen LogP contribution in [0.2, 0.25) is 0 Å². The lowest BCUT2D eigenvalue weighted by Gasteiger charge is -2.36. The molecule has 2 rings (SSSR count). The zero-order chi connectivity index (χ0) is 16.9. The molecule has 2 N–H and O–H groups in total. The van der Waals surface area contributed by atoms with E-state index in [9.17, 15) is 9.90 Å². The summed E-state index contributed by atoms with van der Waals surface area (Å²) in [6.45, 7) is 8.60. The van der Waals surface area contributed by atoms with E-state index in [1.165, 1.54) is 19.3 Å². The van der Waals surface area contributed by atoms with Gasteiger partial charge >= 0.3 is 6.09 Å². The van der Waals surface area contributed by atoms with Crippen LogP contribution in [0.5, 0.6) is 0 Å². The van der Waals surface area contributed by atoms with Crippen molar-refractivity contribution in [1.82, 2.24) is 10.2 Å². The van der Waals surface area contributed by atoms with Crippen molar-refractivity contribution in [3.05, 3.63) is 0 Å². The van der Waals surface area contributed by atoms with Gasteiger partial charge < -0.3 is 20.1 Å². The van der Waals surface area contributed by atoms with Crippen molar-refractivity contribution >= 4 is 6.09 Å². The summed E-state index contributed by atoms with van der Waals surface area (Å²) in [4.78, 5) is 13.9. The number of aliphatic hydroxyl groups excluding tert-OH is 1. The molecule has 1 aliphatic carbocycles. The summed E-state index contributed by atoms with van der Waals surface area (Å²) in [6, 6.07) is 0.470. The second kappa shape index (κ2) is 8.34. The lowest BCUT2D eigenvalue weighted by Crippen LogP contribution is -2.46. The third kappa shape index (κ3) is 5.96. The van der Waals surface area contributed by atoms with Crippen molar-refractivity contribution in [2.24, 2.45) is 11.8 Å². The van der Waals surface area contributed by atoms with Crippen LogP contribution in [-0.2, 0) is 4.74 Å². The van der Waals surface area contributed by atoms with Gasteiger partial charge in [0.05, 0.1) is 0 Å². The number of hydrogen-bond acceptors (Lipinski definition) is 4. The fourth-order valence-electron chi connectivity index (χ4n) is 3.66. The molecule has 2 aliphatic rings. The van der Waals surface area contributed by atoms with Crippen molar-refractivity contribution < 1.29 is 14.6 Å². The van der Waals surface area contributed by atoms with Crippen LogP contribution in [0.3, 0.4) is 0 Å². The molecule has 0 spiro atoms. The molecule has 2 unspecified atom stereocenters. The number of nitrogens with one attached hydrogen (secondary N) is 1. The average Bonchev–Trinajstić information content (AvgIpc) is 2.52. The fraction of sp³-hybridized carbons (Fsp3) is 0.944. The van der Waals surface area contributed by atoms with Gasteiger partial charge in [-0.3, -0.25) is 0 Å². The number of ether oxygens (including phenoxy) is 1. The summed E-state index contributed by atoms with van der Waals surface area (Å²) >= 11 is 0. The van der Waals surface area contributed by atoms with Gasteiger partial charge in [0.2, 0.25) is 0 Å². The number of piperidine rings is 1. The van der Waals surface area contributed by atoms with Crippen LogP contribution in [0.1, 0.15) is 59.3 Å². The molecule has 134 valence electrons. The molecule has 0 radical (unpaired) electrons. The number of carbonyl (C=O) groups is 1. The van der Waals surface area contributed by atoms with E-state index in [2.05, 4.69) is 5.32 Å².